The van der Waals surface area contributed by atoms with E-state index < -0.39 is 0 Å². The van der Waals surface area contributed by atoms with E-state index in [0.29, 0.717) is 11.7 Å². The lowest BCUT2D eigenvalue weighted by molar-refractivity contribution is -0.113. The maximum Gasteiger partial charge on any atom is 0.234 e. The number of hydrogen-bond acceptors (Lipinski definition) is 5. The summed E-state index contributed by atoms with van der Waals surface area (Å²) in [7, 11) is 1.98. The molecule has 144 valence electrons. The van der Waals surface area contributed by atoms with Gasteiger partial charge in [-0.25, -0.2) is 0 Å². The summed E-state index contributed by atoms with van der Waals surface area (Å²) in [6.07, 6.45) is 4.90. The first-order valence-corrected chi connectivity index (χ1v) is 10.8. The van der Waals surface area contributed by atoms with E-state index >= 15 is 0 Å². The van der Waals surface area contributed by atoms with E-state index in [-0.39, 0.29) is 5.91 Å². The molecule has 0 bridgehead atoms. The summed E-state index contributed by atoms with van der Waals surface area (Å²) in [5.41, 5.74) is 2.08. The molecule has 1 aromatic carbocycles. The van der Waals surface area contributed by atoms with Crippen LogP contribution in [0.3, 0.4) is 0 Å². The van der Waals surface area contributed by atoms with Crippen LogP contribution >= 0.6 is 11.8 Å². The minimum atomic E-state index is -0.0180. The highest BCUT2D eigenvalue weighted by atomic mass is 32.2. The molecule has 27 heavy (non-hydrogen) atoms. The molecule has 2 fully saturated rings. The molecule has 0 atom stereocenters. The van der Waals surface area contributed by atoms with Gasteiger partial charge in [-0.2, -0.15) is 0 Å². The molecule has 0 radical (unpaired) electrons. The molecule has 1 aliphatic heterocycles. The average Bonchev–Trinajstić information content (AvgIpc) is 3.45. The predicted molar refractivity (Wildman–Crippen MR) is 109 cm³/mol. The third-order valence-electron chi connectivity index (χ3n) is 5.44. The molecular formula is C20H27N5OS. The molecule has 1 N–H and O–H groups in total. The van der Waals surface area contributed by atoms with Crippen molar-refractivity contribution in [2.24, 2.45) is 13.0 Å². The van der Waals surface area contributed by atoms with Crippen LogP contribution in [0.4, 0.5) is 11.4 Å². The van der Waals surface area contributed by atoms with Crippen LogP contribution in [-0.2, 0) is 11.8 Å². The summed E-state index contributed by atoms with van der Waals surface area (Å²) < 4.78 is 2.02. The summed E-state index contributed by atoms with van der Waals surface area (Å²) in [5, 5.41) is 12.3. The number of nitrogens with one attached hydrogen (secondary N) is 1. The molecule has 0 unspecified atom stereocenters. The van der Waals surface area contributed by atoms with Crippen molar-refractivity contribution in [3.05, 3.63) is 30.1 Å². The quantitative estimate of drug-likeness (QED) is 0.769. The van der Waals surface area contributed by atoms with E-state index in [9.17, 15) is 4.79 Å². The molecule has 0 spiro atoms. The monoisotopic (exact) mass is 385 g/mol. The van der Waals surface area contributed by atoms with Crippen LogP contribution in [0.25, 0.3) is 0 Å². The van der Waals surface area contributed by atoms with Crippen LogP contribution in [0.2, 0.25) is 0 Å². The van der Waals surface area contributed by atoms with Crippen LogP contribution in [0.5, 0.6) is 0 Å². The molecule has 1 saturated heterocycles. The van der Waals surface area contributed by atoms with Crippen LogP contribution < -0.4 is 10.2 Å². The fraction of sp³-hybridized carbons (Fsp3) is 0.550. The molecule has 6 nitrogen and oxygen atoms in total. The summed E-state index contributed by atoms with van der Waals surface area (Å²) >= 11 is 1.44. The van der Waals surface area contributed by atoms with E-state index in [1.807, 2.05) is 23.7 Å². The van der Waals surface area contributed by atoms with Gasteiger partial charge in [0.05, 0.1) is 5.75 Å². The minimum absolute atomic E-state index is 0.0180. The van der Waals surface area contributed by atoms with Gasteiger partial charge in [0.15, 0.2) is 5.16 Å². The smallest absolute Gasteiger partial charge is 0.234 e. The van der Waals surface area contributed by atoms with E-state index in [2.05, 4.69) is 39.5 Å². The molecule has 1 amide bonds. The lowest BCUT2D eigenvalue weighted by Gasteiger charge is -2.32. The number of hydrogen-bond donors (Lipinski definition) is 1. The van der Waals surface area contributed by atoms with Crippen molar-refractivity contribution in [2.45, 2.75) is 43.7 Å². The number of aromatic nitrogens is 3. The zero-order chi connectivity index (χ0) is 18.8. The fourth-order valence-corrected chi connectivity index (χ4v) is 4.22. The Kier molecular flexibility index (Phi) is 5.38. The van der Waals surface area contributed by atoms with Gasteiger partial charge < -0.3 is 14.8 Å². The number of amides is 1. The highest BCUT2D eigenvalue weighted by Crippen LogP contribution is 2.39. The minimum Gasteiger partial charge on any atom is -0.372 e. The van der Waals surface area contributed by atoms with E-state index in [4.69, 9.17) is 0 Å². The molecule has 7 heteroatoms. The predicted octanol–water partition coefficient (Wildman–Crippen LogP) is 3.66. The normalized spacial score (nSPS) is 17.9. The number of anilines is 2. The molecule has 1 aliphatic carbocycles. The number of rotatable bonds is 6. The van der Waals surface area contributed by atoms with Gasteiger partial charge in [0.1, 0.15) is 5.82 Å². The van der Waals surface area contributed by atoms with Crippen molar-refractivity contribution in [1.29, 1.82) is 0 Å². The van der Waals surface area contributed by atoms with E-state index in [1.165, 1.54) is 43.1 Å². The number of piperidine rings is 1. The van der Waals surface area contributed by atoms with Crippen molar-refractivity contribution in [1.82, 2.24) is 14.8 Å². The number of thioether (sulfide) groups is 1. The topological polar surface area (TPSA) is 63.1 Å². The summed E-state index contributed by atoms with van der Waals surface area (Å²) in [6.45, 7) is 4.55. The van der Waals surface area contributed by atoms with Crippen LogP contribution in [0.15, 0.2) is 29.4 Å². The van der Waals surface area contributed by atoms with Gasteiger partial charge in [0, 0.05) is 37.4 Å². The second kappa shape index (κ2) is 7.92. The zero-order valence-electron chi connectivity index (χ0n) is 16.0. The number of carbonyl (C=O) groups is 1. The Morgan fingerprint density at radius 1 is 1.15 bits per heavy atom. The lowest BCUT2D eigenvalue weighted by atomic mass is 9.99. The molecule has 2 aliphatic rings. The van der Waals surface area contributed by atoms with Crippen molar-refractivity contribution in [3.8, 4) is 0 Å². The van der Waals surface area contributed by atoms with Gasteiger partial charge in [-0.1, -0.05) is 18.7 Å². The number of nitrogens with zero attached hydrogens (tertiary/aromatic N) is 4. The lowest BCUT2D eigenvalue weighted by Crippen LogP contribution is -2.32. The van der Waals surface area contributed by atoms with Crippen molar-refractivity contribution in [3.63, 3.8) is 0 Å². The van der Waals surface area contributed by atoms with Gasteiger partial charge in [0.25, 0.3) is 0 Å². The van der Waals surface area contributed by atoms with E-state index in [1.54, 1.807) is 0 Å². The Labute approximate surface area is 164 Å². The Balaban J connectivity index is 1.28. The Bertz CT molecular complexity index is 791. The Morgan fingerprint density at radius 3 is 2.52 bits per heavy atom. The molecule has 2 heterocycles. The highest BCUT2D eigenvalue weighted by molar-refractivity contribution is 7.99. The molecule has 4 rings (SSSR count). The first-order valence-electron chi connectivity index (χ1n) is 9.77. The van der Waals surface area contributed by atoms with Crippen LogP contribution in [-0.4, -0.2) is 39.5 Å². The molecule has 1 aromatic heterocycles. The first kappa shape index (κ1) is 18.3. The summed E-state index contributed by atoms with van der Waals surface area (Å²) in [6, 6.07) is 8.18. The fourth-order valence-electron chi connectivity index (χ4n) is 3.50. The molecule has 1 saturated carbocycles. The second-order valence-electron chi connectivity index (χ2n) is 7.73. The second-order valence-corrected chi connectivity index (χ2v) is 8.67. The standard InChI is InChI=1S/C20H27N5OS/c1-14-9-11-25(12-10-14)17-7-5-16(6-8-17)21-18(26)13-27-20-23-22-19(24(20)2)15-3-4-15/h5-8,14-15H,3-4,9-13H2,1-2H3,(H,21,26). The Hall–Kier alpha value is -2.02. The number of benzene rings is 1. The van der Waals surface area contributed by atoms with Crippen LogP contribution in [0, 0.1) is 5.92 Å². The number of carbonyl (C=O) groups excluding carboxylic acids is 1. The zero-order valence-corrected chi connectivity index (χ0v) is 16.8. The van der Waals surface area contributed by atoms with Crippen LogP contribution in [0.1, 0.15) is 44.3 Å². The summed E-state index contributed by atoms with van der Waals surface area (Å²) in [4.78, 5) is 14.7. The van der Waals surface area contributed by atoms with Gasteiger partial charge in [0.2, 0.25) is 5.91 Å². The largest absolute Gasteiger partial charge is 0.372 e. The summed E-state index contributed by atoms with van der Waals surface area (Å²) in [5.74, 6) is 2.75. The highest BCUT2D eigenvalue weighted by Gasteiger charge is 2.29. The Morgan fingerprint density at radius 2 is 1.85 bits per heavy atom. The first-order chi connectivity index (χ1) is 13.1. The third-order valence-corrected chi connectivity index (χ3v) is 6.46. The van der Waals surface area contributed by atoms with Gasteiger partial charge in [-0.05, 0) is 55.9 Å². The van der Waals surface area contributed by atoms with Crippen molar-refractivity contribution < 1.29 is 4.79 Å². The maximum atomic E-state index is 12.3. The average molecular weight is 386 g/mol. The molecule has 2 aromatic rings. The van der Waals surface area contributed by atoms with Gasteiger partial charge >= 0.3 is 0 Å². The molecular weight excluding hydrogens is 358 g/mol. The third kappa shape index (κ3) is 4.46. The van der Waals surface area contributed by atoms with Crippen molar-refractivity contribution in [2.75, 3.05) is 29.1 Å². The van der Waals surface area contributed by atoms with Gasteiger partial charge in [-0.3, -0.25) is 4.79 Å². The maximum absolute atomic E-state index is 12.3. The SMILES string of the molecule is CC1CCN(c2ccc(NC(=O)CSc3nnc(C4CC4)n3C)cc2)CC1. The van der Waals surface area contributed by atoms with Gasteiger partial charge in [-0.15, -0.1) is 10.2 Å². The van der Waals surface area contributed by atoms with Crippen molar-refractivity contribution >= 4 is 29.0 Å². The van der Waals surface area contributed by atoms with E-state index in [0.717, 1.165) is 35.7 Å².